The summed E-state index contributed by atoms with van der Waals surface area (Å²) in [5, 5.41) is 16.1. The van der Waals surface area contributed by atoms with Crippen molar-refractivity contribution in [3.8, 4) is 0 Å². The van der Waals surface area contributed by atoms with Gasteiger partial charge in [-0.15, -0.1) is 10.3 Å². The molecule has 1 saturated heterocycles. The van der Waals surface area contributed by atoms with Gasteiger partial charge in [-0.3, -0.25) is 0 Å². The molecule has 1 aliphatic heterocycles. The van der Waals surface area contributed by atoms with E-state index in [1.54, 1.807) is 0 Å². The van der Waals surface area contributed by atoms with Crippen molar-refractivity contribution in [3.05, 3.63) is 0 Å². The zero-order valence-corrected chi connectivity index (χ0v) is 7.77. The minimum Gasteiger partial charge on any atom is -0.313 e. The Morgan fingerprint density at radius 3 is 1.73 bits per heavy atom. The summed E-state index contributed by atoms with van der Waals surface area (Å²) in [6.07, 6.45) is 0. The summed E-state index contributed by atoms with van der Waals surface area (Å²) in [6.45, 7) is 9.42. The molecule has 0 saturated carbocycles. The van der Waals surface area contributed by atoms with Crippen molar-refractivity contribution in [2.75, 3.05) is 13.1 Å². The quantitative estimate of drug-likeness (QED) is 0.564. The molecule has 1 heterocycles. The van der Waals surface area contributed by atoms with Crippen molar-refractivity contribution in [1.29, 1.82) is 0 Å². The van der Waals surface area contributed by atoms with Gasteiger partial charge < -0.3 is 5.32 Å². The molecule has 1 aliphatic rings. The van der Waals surface area contributed by atoms with Crippen LogP contribution < -0.4 is 5.32 Å². The smallest absolute Gasteiger partial charge is 0.0568 e. The van der Waals surface area contributed by atoms with E-state index in [4.69, 9.17) is 0 Å². The summed E-state index contributed by atoms with van der Waals surface area (Å²) in [5.74, 6) is 0. The molecule has 0 atom stereocenters. The van der Waals surface area contributed by atoms with Gasteiger partial charge in [0.05, 0.1) is 11.1 Å². The van der Waals surface area contributed by atoms with Crippen LogP contribution in [-0.2, 0) is 5.21 Å². The van der Waals surface area contributed by atoms with Gasteiger partial charge in [-0.25, -0.2) is 0 Å². The fourth-order valence-electron chi connectivity index (χ4n) is 1.64. The minimum atomic E-state index is -0.262. The topological polar surface area (TPSA) is 35.2 Å². The van der Waals surface area contributed by atoms with Crippen LogP contribution >= 0.6 is 0 Å². The van der Waals surface area contributed by atoms with Gasteiger partial charge in [0.15, 0.2) is 0 Å². The lowest BCUT2D eigenvalue weighted by Gasteiger charge is -2.46. The highest BCUT2D eigenvalue weighted by Crippen LogP contribution is 2.25. The molecule has 1 fully saturated rings. The highest BCUT2D eigenvalue weighted by atomic mass is 16.5. The van der Waals surface area contributed by atoms with Gasteiger partial charge in [0.2, 0.25) is 0 Å². The number of hydroxylamine groups is 2. The molecule has 0 aliphatic carbocycles. The number of hydrogen-bond donors (Lipinski definition) is 1. The van der Waals surface area contributed by atoms with Crippen LogP contribution in [0, 0.1) is 0 Å². The first-order chi connectivity index (χ1) is 4.86. The van der Waals surface area contributed by atoms with E-state index < -0.39 is 0 Å². The van der Waals surface area contributed by atoms with E-state index in [-0.39, 0.29) is 11.1 Å². The van der Waals surface area contributed by atoms with Gasteiger partial charge in [-0.2, -0.15) is 0 Å². The summed E-state index contributed by atoms with van der Waals surface area (Å²) in [7, 11) is 0. The Balaban J connectivity index is 2.76. The van der Waals surface area contributed by atoms with Crippen molar-refractivity contribution in [3.63, 3.8) is 0 Å². The van der Waals surface area contributed by atoms with Crippen LogP contribution in [0.5, 0.6) is 0 Å². The van der Waals surface area contributed by atoms with Crippen molar-refractivity contribution < 1.29 is 5.21 Å². The van der Waals surface area contributed by atoms with E-state index in [0.29, 0.717) is 0 Å². The molecule has 3 nitrogen and oxygen atoms in total. The first kappa shape index (κ1) is 8.97. The lowest BCUT2D eigenvalue weighted by Crippen LogP contribution is -2.65. The van der Waals surface area contributed by atoms with Gasteiger partial charge in [0, 0.05) is 13.1 Å². The molecule has 0 spiro atoms. The van der Waals surface area contributed by atoms with Crippen molar-refractivity contribution in [2.45, 2.75) is 38.8 Å². The summed E-state index contributed by atoms with van der Waals surface area (Å²) in [4.78, 5) is 0. The lowest BCUT2D eigenvalue weighted by atomic mass is 9.92. The predicted molar refractivity (Wildman–Crippen MR) is 43.6 cm³/mol. The molecule has 3 heteroatoms. The first-order valence-electron chi connectivity index (χ1n) is 4.04. The van der Waals surface area contributed by atoms with Gasteiger partial charge in [0.1, 0.15) is 0 Å². The van der Waals surface area contributed by atoms with Crippen LogP contribution in [0.3, 0.4) is 0 Å². The van der Waals surface area contributed by atoms with Gasteiger partial charge in [-0.1, -0.05) is 0 Å². The highest BCUT2D eigenvalue weighted by molar-refractivity contribution is 4.94. The molecular weight excluding hydrogens is 140 g/mol. The van der Waals surface area contributed by atoms with Crippen LogP contribution in [0.15, 0.2) is 0 Å². The average Bonchev–Trinajstić information content (AvgIpc) is 1.82. The summed E-state index contributed by atoms with van der Waals surface area (Å²) >= 11 is 0. The summed E-state index contributed by atoms with van der Waals surface area (Å²) in [5.41, 5.74) is -0.524. The van der Waals surface area contributed by atoms with Crippen molar-refractivity contribution >= 4 is 0 Å². The maximum absolute atomic E-state index is 11.6. The number of hydrogen-bond acceptors (Lipinski definition) is 2. The molecule has 1 N–H and O–H groups in total. The van der Waals surface area contributed by atoms with Gasteiger partial charge in [-0.05, 0) is 27.7 Å². The Labute approximate surface area is 68.3 Å². The molecule has 0 aromatic carbocycles. The summed E-state index contributed by atoms with van der Waals surface area (Å²) < 4.78 is 0. The maximum atomic E-state index is 11.6. The third kappa shape index (κ3) is 1.55. The Bertz CT molecular complexity index is 138. The SMILES string of the molecule is CC1(C)CNCC(C)(C)N1[O]. The van der Waals surface area contributed by atoms with Gasteiger partial charge >= 0.3 is 0 Å². The van der Waals surface area contributed by atoms with Crippen molar-refractivity contribution in [2.24, 2.45) is 0 Å². The third-order valence-corrected chi connectivity index (χ3v) is 2.21. The number of rotatable bonds is 0. The second-order valence-electron chi connectivity index (χ2n) is 4.52. The second kappa shape index (κ2) is 2.44. The zero-order valence-electron chi connectivity index (χ0n) is 7.77. The van der Waals surface area contributed by atoms with Crippen LogP contribution in [-0.4, -0.2) is 29.2 Å². The zero-order chi connectivity index (χ0) is 8.70. The third-order valence-electron chi connectivity index (χ3n) is 2.21. The standard InChI is InChI=1S/C8H17N2O/c1-7(2)5-9-6-8(3,4)10(7)11/h9H,5-6H2,1-4H3. The molecule has 65 valence electrons. The molecule has 0 unspecified atom stereocenters. The number of nitrogens with zero attached hydrogens (tertiary/aromatic N) is 1. The monoisotopic (exact) mass is 157 g/mol. The predicted octanol–water partition coefficient (Wildman–Crippen LogP) is 0.794. The van der Waals surface area contributed by atoms with Crippen molar-refractivity contribution in [1.82, 2.24) is 10.4 Å². The highest BCUT2D eigenvalue weighted by Gasteiger charge is 2.41. The molecule has 1 rings (SSSR count). The molecule has 1 radical (unpaired) electrons. The second-order valence-corrected chi connectivity index (χ2v) is 4.52. The Kier molecular flexibility index (Phi) is 1.99. The summed E-state index contributed by atoms with van der Waals surface area (Å²) in [6, 6.07) is 0. The van der Waals surface area contributed by atoms with Crippen LogP contribution in [0.4, 0.5) is 0 Å². The average molecular weight is 157 g/mol. The normalized spacial score (nSPS) is 30.3. The fraction of sp³-hybridized carbons (Fsp3) is 1.00. The van der Waals surface area contributed by atoms with E-state index in [0.717, 1.165) is 13.1 Å². The fourth-order valence-corrected chi connectivity index (χ4v) is 1.64. The van der Waals surface area contributed by atoms with E-state index in [2.05, 4.69) is 5.32 Å². The molecule has 0 amide bonds. The van der Waals surface area contributed by atoms with Crippen LogP contribution in [0.1, 0.15) is 27.7 Å². The van der Waals surface area contributed by atoms with Crippen LogP contribution in [0.25, 0.3) is 0 Å². The van der Waals surface area contributed by atoms with E-state index in [9.17, 15) is 5.21 Å². The minimum absolute atomic E-state index is 0.262. The first-order valence-corrected chi connectivity index (χ1v) is 4.04. The molecule has 11 heavy (non-hydrogen) atoms. The Hall–Kier alpha value is -0.120. The molecule has 0 aromatic rings. The Morgan fingerprint density at radius 2 is 1.45 bits per heavy atom. The molecule has 0 bridgehead atoms. The van der Waals surface area contributed by atoms with E-state index >= 15 is 0 Å². The number of nitrogens with one attached hydrogen (secondary N) is 1. The van der Waals surface area contributed by atoms with E-state index in [1.807, 2.05) is 27.7 Å². The lowest BCUT2D eigenvalue weighted by molar-refractivity contribution is -0.280. The van der Waals surface area contributed by atoms with Gasteiger partial charge in [0.25, 0.3) is 0 Å². The largest absolute Gasteiger partial charge is 0.313 e. The number of piperazine rings is 1. The van der Waals surface area contributed by atoms with E-state index in [1.165, 1.54) is 5.06 Å². The Morgan fingerprint density at radius 1 is 1.09 bits per heavy atom. The van der Waals surface area contributed by atoms with Crippen LogP contribution in [0.2, 0.25) is 0 Å². The molecule has 0 aromatic heterocycles. The maximum Gasteiger partial charge on any atom is 0.0568 e. The molecular formula is C8H17N2O.